The van der Waals surface area contributed by atoms with E-state index in [-0.39, 0.29) is 13.2 Å². The molecule has 0 aromatic heterocycles. The number of rotatable bonds is 6. The highest BCUT2D eigenvalue weighted by atomic mass is 16.5. The summed E-state index contributed by atoms with van der Waals surface area (Å²) in [5, 5.41) is 19.9. The van der Waals surface area contributed by atoms with Gasteiger partial charge in [0.1, 0.15) is 5.75 Å². The van der Waals surface area contributed by atoms with Gasteiger partial charge in [-0.1, -0.05) is 48.0 Å². The molecule has 0 atom stereocenters. The molecule has 0 bridgehead atoms. The van der Waals surface area contributed by atoms with E-state index in [2.05, 4.69) is 0 Å². The molecule has 0 saturated carbocycles. The molecule has 0 unspecified atom stereocenters. The molecule has 2 rings (SSSR count). The quantitative estimate of drug-likeness (QED) is 0.857. The second kappa shape index (κ2) is 6.74. The Kier molecular flexibility index (Phi) is 4.99. The number of aryl methyl sites for hydroxylation is 1. The van der Waals surface area contributed by atoms with E-state index in [1.807, 2.05) is 55.5 Å². The zero-order chi connectivity index (χ0) is 15.3. The minimum absolute atomic E-state index is 0.120. The van der Waals surface area contributed by atoms with Gasteiger partial charge in [-0.25, -0.2) is 0 Å². The van der Waals surface area contributed by atoms with Crippen LogP contribution in [0.1, 0.15) is 16.7 Å². The van der Waals surface area contributed by atoms with Crippen molar-refractivity contribution in [2.24, 2.45) is 0 Å². The van der Waals surface area contributed by atoms with Crippen molar-refractivity contribution in [3.05, 3.63) is 65.2 Å². The van der Waals surface area contributed by atoms with Crippen LogP contribution in [0.2, 0.25) is 0 Å². The standard InChI is InChI=1S/C18H22O3/c1-14-6-5-8-16(10-14)18(12-19,13-20)11-15-7-3-4-9-17(15)21-2/h3-10,19-20H,11-13H2,1-2H3. The molecule has 112 valence electrons. The highest BCUT2D eigenvalue weighted by Gasteiger charge is 2.32. The van der Waals surface area contributed by atoms with E-state index < -0.39 is 5.41 Å². The van der Waals surface area contributed by atoms with Gasteiger partial charge in [-0.15, -0.1) is 0 Å². The Hall–Kier alpha value is -1.84. The zero-order valence-electron chi connectivity index (χ0n) is 12.5. The first-order valence-corrected chi connectivity index (χ1v) is 7.06. The van der Waals surface area contributed by atoms with E-state index in [0.717, 1.165) is 22.4 Å². The number of hydrogen-bond donors (Lipinski definition) is 2. The predicted molar refractivity (Wildman–Crippen MR) is 83.7 cm³/mol. The van der Waals surface area contributed by atoms with E-state index in [4.69, 9.17) is 4.74 Å². The Morgan fingerprint density at radius 2 is 1.71 bits per heavy atom. The van der Waals surface area contributed by atoms with Crippen LogP contribution in [0.4, 0.5) is 0 Å². The van der Waals surface area contributed by atoms with Crippen LogP contribution in [-0.2, 0) is 11.8 Å². The molecule has 0 amide bonds. The summed E-state index contributed by atoms with van der Waals surface area (Å²) < 4.78 is 5.38. The number of benzene rings is 2. The molecule has 0 heterocycles. The van der Waals surface area contributed by atoms with Crippen molar-refractivity contribution < 1.29 is 14.9 Å². The van der Waals surface area contributed by atoms with Crippen LogP contribution < -0.4 is 4.74 Å². The minimum Gasteiger partial charge on any atom is -0.496 e. The zero-order valence-corrected chi connectivity index (χ0v) is 12.5. The van der Waals surface area contributed by atoms with Gasteiger partial charge < -0.3 is 14.9 Å². The highest BCUT2D eigenvalue weighted by molar-refractivity contribution is 5.38. The van der Waals surface area contributed by atoms with Crippen LogP contribution in [0.5, 0.6) is 5.75 Å². The molecule has 0 aliphatic heterocycles. The summed E-state index contributed by atoms with van der Waals surface area (Å²) in [5.74, 6) is 0.774. The molecule has 0 aliphatic carbocycles. The van der Waals surface area contributed by atoms with Gasteiger partial charge in [0.15, 0.2) is 0 Å². The second-order valence-electron chi connectivity index (χ2n) is 5.45. The maximum atomic E-state index is 9.94. The molecular weight excluding hydrogens is 264 g/mol. The van der Waals surface area contributed by atoms with Crippen LogP contribution >= 0.6 is 0 Å². The lowest BCUT2D eigenvalue weighted by Gasteiger charge is -2.31. The average Bonchev–Trinajstić information content (AvgIpc) is 2.53. The average molecular weight is 286 g/mol. The molecule has 2 aromatic rings. The maximum absolute atomic E-state index is 9.94. The van der Waals surface area contributed by atoms with Gasteiger partial charge >= 0.3 is 0 Å². The SMILES string of the molecule is COc1ccccc1CC(CO)(CO)c1cccc(C)c1. The van der Waals surface area contributed by atoms with Crippen LogP contribution in [0.3, 0.4) is 0 Å². The Balaban J connectivity index is 2.43. The Morgan fingerprint density at radius 1 is 1.00 bits per heavy atom. The summed E-state index contributed by atoms with van der Waals surface area (Å²) in [7, 11) is 1.63. The molecule has 2 N–H and O–H groups in total. The fourth-order valence-electron chi connectivity index (χ4n) is 2.63. The lowest BCUT2D eigenvalue weighted by molar-refractivity contribution is 0.115. The Bertz CT molecular complexity index is 589. The lowest BCUT2D eigenvalue weighted by Crippen LogP contribution is -2.37. The Morgan fingerprint density at radius 3 is 2.33 bits per heavy atom. The third-order valence-corrected chi connectivity index (χ3v) is 3.96. The normalized spacial score (nSPS) is 11.4. The predicted octanol–water partition coefficient (Wildman–Crippen LogP) is 2.47. The first-order chi connectivity index (χ1) is 10.1. The first-order valence-electron chi connectivity index (χ1n) is 7.06. The van der Waals surface area contributed by atoms with Gasteiger partial charge in [0.05, 0.1) is 20.3 Å². The summed E-state index contributed by atoms with van der Waals surface area (Å²) in [4.78, 5) is 0. The number of aliphatic hydroxyl groups is 2. The van der Waals surface area contributed by atoms with E-state index in [1.165, 1.54) is 0 Å². The van der Waals surface area contributed by atoms with Crippen LogP contribution in [0, 0.1) is 6.92 Å². The fraction of sp³-hybridized carbons (Fsp3) is 0.333. The van der Waals surface area contributed by atoms with E-state index in [0.29, 0.717) is 6.42 Å². The lowest BCUT2D eigenvalue weighted by atomic mass is 9.76. The first kappa shape index (κ1) is 15.5. The van der Waals surface area contributed by atoms with Crippen LogP contribution in [0.25, 0.3) is 0 Å². The van der Waals surface area contributed by atoms with Crippen molar-refractivity contribution in [3.8, 4) is 5.75 Å². The van der Waals surface area contributed by atoms with Gasteiger partial charge in [0, 0.05) is 5.41 Å². The van der Waals surface area contributed by atoms with Crippen molar-refractivity contribution in [1.29, 1.82) is 0 Å². The fourth-order valence-corrected chi connectivity index (χ4v) is 2.63. The number of methoxy groups -OCH3 is 1. The van der Waals surface area contributed by atoms with Gasteiger partial charge in [-0.2, -0.15) is 0 Å². The monoisotopic (exact) mass is 286 g/mol. The largest absolute Gasteiger partial charge is 0.496 e. The second-order valence-corrected chi connectivity index (χ2v) is 5.45. The highest BCUT2D eigenvalue weighted by Crippen LogP contribution is 2.32. The maximum Gasteiger partial charge on any atom is 0.122 e. The molecule has 21 heavy (non-hydrogen) atoms. The molecule has 0 spiro atoms. The Labute approximate surface area is 125 Å². The summed E-state index contributed by atoms with van der Waals surface area (Å²) in [5.41, 5.74) is 2.32. The molecule has 0 aliphatic rings. The number of ether oxygens (including phenoxy) is 1. The van der Waals surface area contributed by atoms with E-state index >= 15 is 0 Å². The molecule has 3 heteroatoms. The molecule has 0 saturated heterocycles. The summed E-state index contributed by atoms with van der Waals surface area (Å²) in [6, 6.07) is 15.6. The van der Waals surface area contributed by atoms with Crippen molar-refractivity contribution in [2.45, 2.75) is 18.8 Å². The van der Waals surface area contributed by atoms with Crippen molar-refractivity contribution in [2.75, 3.05) is 20.3 Å². The molecular formula is C18H22O3. The van der Waals surface area contributed by atoms with Crippen LogP contribution in [-0.4, -0.2) is 30.5 Å². The van der Waals surface area contributed by atoms with E-state index in [1.54, 1.807) is 7.11 Å². The van der Waals surface area contributed by atoms with E-state index in [9.17, 15) is 10.2 Å². The molecule has 3 nitrogen and oxygen atoms in total. The minimum atomic E-state index is -0.708. The van der Waals surface area contributed by atoms with Crippen molar-refractivity contribution in [1.82, 2.24) is 0 Å². The smallest absolute Gasteiger partial charge is 0.122 e. The van der Waals surface area contributed by atoms with Gasteiger partial charge in [0.25, 0.3) is 0 Å². The summed E-state index contributed by atoms with van der Waals surface area (Å²) in [6.07, 6.45) is 0.521. The molecule has 0 radical (unpaired) electrons. The molecule has 0 fully saturated rings. The van der Waals surface area contributed by atoms with Gasteiger partial charge in [-0.3, -0.25) is 0 Å². The third-order valence-electron chi connectivity index (χ3n) is 3.96. The van der Waals surface area contributed by atoms with Gasteiger partial charge in [0.2, 0.25) is 0 Å². The number of aliphatic hydroxyl groups excluding tert-OH is 2. The number of para-hydroxylation sites is 1. The van der Waals surface area contributed by atoms with Crippen LogP contribution in [0.15, 0.2) is 48.5 Å². The van der Waals surface area contributed by atoms with Crippen molar-refractivity contribution >= 4 is 0 Å². The molecule has 2 aromatic carbocycles. The topological polar surface area (TPSA) is 49.7 Å². The van der Waals surface area contributed by atoms with Gasteiger partial charge in [-0.05, 0) is 30.5 Å². The third kappa shape index (κ3) is 3.26. The van der Waals surface area contributed by atoms with Crippen molar-refractivity contribution in [3.63, 3.8) is 0 Å². The summed E-state index contributed by atoms with van der Waals surface area (Å²) in [6.45, 7) is 1.77. The summed E-state index contributed by atoms with van der Waals surface area (Å²) >= 11 is 0. The number of hydrogen-bond acceptors (Lipinski definition) is 3.